The molecule has 8 rings (SSSR count). The van der Waals surface area contributed by atoms with E-state index in [-0.39, 0.29) is 27.4 Å². The zero-order valence-electron chi connectivity index (χ0n) is 42.1. The van der Waals surface area contributed by atoms with Gasteiger partial charge in [0.05, 0.1) is 22.3 Å². The summed E-state index contributed by atoms with van der Waals surface area (Å²) in [6.07, 6.45) is 1.92. The van der Waals surface area contributed by atoms with Gasteiger partial charge in [0, 0.05) is 29.9 Å². The predicted molar refractivity (Wildman–Crippen MR) is 277 cm³/mol. The number of aromatic hydroxyl groups is 1. The van der Waals surface area contributed by atoms with E-state index in [1.54, 1.807) is 0 Å². The molecule has 0 aliphatic carbocycles. The second kappa shape index (κ2) is 16.6. The van der Waals surface area contributed by atoms with Crippen molar-refractivity contribution in [1.82, 2.24) is 14.5 Å². The Labute approximate surface area is 389 Å². The van der Waals surface area contributed by atoms with E-state index in [0.29, 0.717) is 11.4 Å². The van der Waals surface area contributed by atoms with E-state index in [1.807, 2.05) is 38.2 Å². The van der Waals surface area contributed by atoms with Crippen LogP contribution < -0.4 is 0 Å². The standard InChI is InChI=1S/C61H67N3O/c1-38(2)50-37-47(27-28-48(50)40-19-16-15-17-20-40)64-54-22-18-21-49(55(54)63-57(64)51-35-46(60(9,10)11)36-52(56(51)65)61(12,13)14)42-31-43(33-45(32-42)59(6,7)8)53-34-41(29-30-62-53)39-23-25-44(26-24-39)58(3,4)5/h15-38,65H,1-14H3/i38D. The molecule has 0 saturated heterocycles. The Morgan fingerprint density at radius 2 is 1.15 bits per heavy atom. The number of phenolic OH excluding ortho intramolecular Hbond substituents is 1. The Balaban J connectivity index is 1.40. The van der Waals surface area contributed by atoms with Crippen LogP contribution in [0.25, 0.3) is 72.7 Å². The Kier molecular flexibility index (Phi) is 11.2. The fourth-order valence-electron chi connectivity index (χ4n) is 8.83. The molecule has 2 aromatic heterocycles. The van der Waals surface area contributed by atoms with Crippen LogP contribution >= 0.6 is 0 Å². The number of fused-ring (bicyclic) bond motifs is 1. The predicted octanol–water partition coefficient (Wildman–Crippen LogP) is 16.8. The SMILES string of the molecule is [2H]C(C)(C)c1cc(-n2c(-c3cc(C(C)(C)C)cc(C(C)(C)C)c3O)nc3c(-c4cc(-c5cc(-c6ccc(C(C)(C)C)cc6)ccn5)cc(C(C)(C)C)c4)cccc32)ccc1-c1ccccc1. The molecule has 0 fully saturated rings. The molecule has 2 heterocycles. The van der Waals surface area contributed by atoms with Gasteiger partial charge in [0.15, 0.2) is 0 Å². The Hall–Kier alpha value is -6.26. The minimum absolute atomic E-state index is 0.0756. The molecular formula is C61H67N3O. The molecule has 0 saturated carbocycles. The number of imidazole rings is 1. The van der Waals surface area contributed by atoms with E-state index in [0.717, 1.165) is 78.0 Å². The van der Waals surface area contributed by atoms with Gasteiger partial charge in [0.25, 0.3) is 0 Å². The van der Waals surface area contributed by atoms with Crippen LogP contribution in [0, 0.1) is 0 Å². The van der Waals surface area contributed by atoms with Crippen LogP contribution in [-0.4, -0.2) is 19.6 Å². The second-order valence-electron chi connectivity index (χ2n) is 22.3. The third-order valence-corrected chi connectivity index (χ3v) is 12.8. The van der Waals surface area contributed by atoms with Crippen LogP contribution in [0.5, 0.6) is 5.75 Å². The fraction of sp³-hybridized carbons (Fsp3) is 0.311. The Morgan fingerprint density at radius 1 is 0.508 bits per heavy atom. The van der Waals surface area contributed by atoms with E-state index >= 15 is 0 Å². The maximum atomic E-state index is 12.5. The summed E-state index contributed by atoms with van der Waals surface area (Å²) in [4.78, 5) is 10.6. The van der Waals surface area contributed by atoms with Gasteiger partial charge in [0.2, 0.25) is 0 Å². The van der Waals surface area contributed by atoms with Crippen LogP contribution in [0.15, 0.2) is 140 Å². The first-order valence-electron chi connectivity index (χ1n) is 23.6. The molecule has 0 radical (unpaired) electrons. The largest absolute Gasteiger partial charge is 0.507 e. The molecule has 6 aromatic carbocycles. The van der Waals surface area contributed by atoms with Gasteiger partial charge < -0.3 is 5.11 Å². The number of aromatic nitrogens is 3. The van der Waals surface area contributed by atoms with Gasteiger partial charge in [-0.2, -0.15) is 0 Å². The number of rotatable bonds is 7. The summed E-state index contributed by atoms with van der Waals surface area (Å²) < 4.78 is 11.6. The van der Waals surface area contributed by atoms with E-state index in [2.05, 4.69) is 203 Å². The van der Waals surface area contributed by atoms with Crippen molar-refractivity contribution >= 4 is 11.0 Å². The lowest BCUT2D eigenvalue weighted by molar-refractivity contribution is 0.446. The molecule has 0 bridgehead atoms. The number of hydrogen-bond acceptors (Lipinski definition) is 3. The molecule has 0 aliphatic rings. The van der Waals surface area contributed by atoms with Crippen LogP contribution in [0.1, 0.15) is 132 Å². The second-order valence-corrected chi connectivity index (χ2v) is 22.3. The summed E-state index contributed by atoms with van der Waals surface area (Å²) in [5, 5.41) is 12.5. The minimum atomic E-state index is -0.915. The summed E-state index contributed by atoms with van der Waals surface area (Å²) in [6.45, 7) is 30.5. The van der Waals surface area contributed by atoms with E-state index in [4.69, 9.17) is 9.97 Å². The van der Waals surface area contributed by atoms with E-state index in [1.165, 1.54) is 11.1 Å². The van der Waals surface area contributed by atoms with Gasteiger partial charge in [-0.3, -0.25) is 9.55 Å². The number of nitrogens with zero attached hydrogens (tertiary/aromatic N) is 3. The van der Waals surface area contributed by atoms with Crippen LogP contribution in [0.2, 0.25) is 0 Å². The third-order valence-electron chi connectivity index (χ3n) is 12.8. The molecule has 332 valence electrons. The minimum Gasteiger partial charge on any atom is -0.507 e. The van der Waals surface area contributed by atoms with Crippen molar-refractivity contribution in [2.75, 3.05) is 0 Å². The maximum absolute atomic E-state index is 12.5. The van der Waals surface area contributed by atoms with Gasteiger partial charge in [-0.25, -0.2) is 4.98 Å². The van der Waals surface area contributed by atoms with E-state index in [9.17, 15) is 6.48 Å². The molecule has 0 aliphatic heterocycles. The van der Waals surface area contributed by atoms with Crippen LogP contribution in [0.4, 0.5) is 0 Å². The Bertz CT molecular complexity index is 3080. The summed E-state index contributed by atoms with van der Waals surface area (Å²) >= 11 is 0. The average molecular weight is 859 g/mol. The lowest BCUT2D eigenvalue weighted by Gasteiger charge is -2.27. The van der Waals surface area contributed by atoms with Gasteiger partial charge in [-0.1, -0.05) is 182 Å². The molecule has 8 aromatic rings. The van der Waals surface area contributed by atoms with Gasteiger partial charge >= 0.3 is 0 Å². The third kappa shape index (κ3) is 9.06. The molecule has 65 heavy (non-hydrogen) atoms. The van der Waals surface area contributed by atoms with Crippen LogP contribution in [-0.2, 0) is 21.7 Å². The lowest BCUT2D eigenvalue weighted by atomic mass is 9.79. The van der Waals surface area contributed by atoms with Crippen molar-refractivity contribution in [3.05, 3.63) is 167 Å². The average Bonchev–Trinajstić information content (AvgIpc) is 3.64. The normalized spacial score (nSPS) is 13.0. The first kappa shape index (κ1) is 44.0. The zero-order chi connectivity index (χ0) is 47.7. The van der Waals surface area contributed by atoms with Gasteiger partial charge in [-0.15, -0.1) is 0 Å². The maximum Gasteiger partial charge on any atom is 0.149 e. The van der Waals surface area contributed by atoms with Crippen molar-refractivity contribution in [3.8, 4) is 67.5 Å². The van der Waals surface area contributed by atoms with Crippen LogP contribution in [0.3, 0.4) is 0 Å². The number of hydrogen-bond donors (Lipinski definition) is 1. The number of phenols is 1. The number of pyridine rings is 1. The molecule has 4 heteroatoms. The highest BCUT2D eigenvalue weighted by molar-refractivity contribution is 5.97. The molecule has 0 amide bonds. The van der Waals surface area contributed by atoms with Crippen molar-refractivity contribution < 1.29 is 6.48 Å². The highest BCUT2D eigenvalue weighted by Crippen LogP contribution is 2.45. The van der Waals surface area contributed by atoms with Crippen molar-refractivity contribution in [1.29, 1.82) is 0 Å². The molecule has 4 nitrogen and oxygen atoms in total. The first-order chi connectivity index (χ1) is 30.8. The summed E-state index contributed by atoms with van der Waals surface area (Å²) in [6, 6.07) is 47.5. The smallest absolute Gasteiger partial charge is 0.149 e. The van der Waals surface area contributed by atoms with Gasteiger partial charge in [-0.05, 0) is 126 Å². The summed E-state index contributed by atoms with van der Waals surface area (Å²) in [5.74, 6) is -0.0416. The summed E-state index contributed by atoms with van der Waals surface area (Å²) in [7, 11) is 0. The number of para-hydroxylation sites is 1. The summed E-state index contributed by atoms with van der Waals surface area (Å²) in [5.41, 5.74) is 16.4. The van der Waals surface area contributed by atoms with Gasteiger partial charge in [0.1, 0.15) is 11.6 Å². The molecule has 0 atom stereocenters. The van der Waals surface area contributed by atoms with Crippen molar-refractivity contribution in [2.24, 2.45) is 0 Å². The monoisotopic (exact) mass is 859 g/mol. The highest BCUT2D eigenvalue weighted by atomic mass is 16.3. The van der Waals surface area contributed by atoms with Crippen molar-refractivity contribution in [3.63, 3.8) is 0 Å². The molecule has 0 spiro atoms. The topological polar surface area (TPSA) is 50.9 Å². The molecule has 1 N–H and O–H groups in total. The molecular weight excluding hydrogens is 791 g/mol. The quantitative estimate of drug-likeness (QED) is 0.174. The first-order valence-corrected chi connectivity index (χ1v) is 23.1. The Morgan fingerprint density at radius 3 is 1.78 bits per heavy atom. The van der Waals surface area contributed by atoms with Crippen molar-refractivity contribution in [2.45, 2.75) is 124 Å². The number of benzene rings is 6. The highest BCUT2D eigenvalue weighted by Gasteiger charge is 2.29. The fourth-order valence-corrected chi connectivity index (χ4v) is 8.83. The lowest BCUT2D eigenvalue weighted by Crippen LogP contribution is -2.17. The zero-order valence-corrected chi connectivity index (χ0v) is 41.1. The van der Waals surface area contributed by atoms with E-state index < -0.39 is 5.89 Å². The molecule has 0 unspecified atom stereocenters.